The third kappa shape index (κ3) is 8.78. The Morgan fingerprint density at radius 3 is 1.13 bits per heavy atom. The maximum Gasteiger partial charge on any atom is 0.0461 e. The van der Waals surface area contributed by atoms with Gasteiger partial charge in [0.15, 0.2) is 0 Å². The highest BCUT2D eigenvalue weighted by atomic mass is 15.1. The quantitative estimate of drug-likeness (QED) is 0.171. The lowest BCUT2D eigenvalue weighted by molar-refractivity contribution is 0.590. The predicted octanol–water partition coefficient (Wildman–Crippen LogP) is 17.8. The van der Waals surface area contributed by atoms with Crippen LogP contribution in [0.2, 0.25) is 0 Å². The van der Waals surface area contributed by atoms with E-state index in [1.807, 2.05) is 0 Å². The summed E-state index contributed by atoms with van der Waals surface area (Å²) in [4.78, 5) is 2.33. The fraction of sp³-hybridized carbons (Fsp3) is 0.355. The zero-order valence-electron chi connectivity index (χ0n) is 41.6. The van der Waals surface area contributed by atoms with Gasteiger partial charge in [-0.15, -0.1) is 0 Å². The molecule has 0 unspecified atom stereocenters. The van der Waals surface area contributed by atoms with E-state index in [0.29, 0.717) is 0 Å². The van der Waals surface area contributed by atoms with E-state index < -0.39 is 0 Å². The largest absolute Gasteiger partial charge is 0.311 e. The third-order valence-electron chi connectivity index (χ3n) is 13.8. The summed E-state index contributed by atoms with van der Waals surface area (Å²) in [6.07, 6.45) is 0. The van der Waals surface area contributed by atoms with E-state index >= 15 is 0 Å². The minimum absolute atomic E-state index is 0.0497. The van der Waals surface area contributed by atoms with Gasteiger partial charge >= 0.3 is 0 Å². The Morgan fingerprint density at radius 2 is 0.714 bits per heavy atom. The van der Waals surface area contributed by atoms with Crippen LogP contribution in [0, 0.1) is 27.7 Å². The molecule has 0 atom stereocenters. The lowest BCUT2D eigenvalue weighted by Crippen LogP contribution is -2.24. The fourth-order valence-corrected chi connectivity index (χ4v) is 9.67. The second-order valence-electron chi connectivity index (χ2n) is 22.7. The molecular weight excluding hydrogens is 759 g/mol. The van der Waals surface area contributed by atoms with Crippen molar-refractivity contribution in [3.8, 4) is 11.1 Å². The molecule has 0 spiro atoms. The molecule has 1 nitrogen and oxygen atoms in total. The van der Waals surface area contributed by atoms with Crippen LogP contribution in [0.4, 0.5) is 17.1 Å². The summed E-state index contributed by atoms with van der Waals surface area (Å²) in [5.74, 6) is 0. The molecule has 7 aromatic rings. The van der Waals surface area contributed by atoms with Gasteiger partial charge in [0.2, 0.25) is 0 Å². The first-order chi connectivity index (χ1) is 29.3. The van der Waals surface area contributed by atoms with Crippen molar-refractivity contribution in [1.82, 2.24) is 0 Å². The van der Waals surface area contributed by atoms with Gasteiger partial charge in [0.05, 0.1) is 0 Å². The van der Waals surface area contributed by atoms with Crippen LogP contribution in [0.5, 0.6) is 0 Å². The molecule has 2 aliphatic carbocycles. The second-order valence-corrected chi connectivity index (χ2v) is 22.7. The lowest BCUT2D eigenvalue weighted by atomic mass is 9.68. The number of anilines is 3. The summed E-state index contributed by atoms with van der Waals surface area (Å²) in [5.41, 5.74) is 22.8. The third-order valence-corrected chi connectivity index (χ3v) is 13.8. The molecule has 0 aliphatic heterocycles. The van der Waals surface area contributed by atoms with Gasteiger partial charge in [-0.2, -0.15) is 0 Å². The fourth-order valence-electron chi connectivity index (χ4n) is 9.67. The van der Waals surface area contributed by atoms with Crippen LogP contribution in [-0.2, 0) is 27.1 Å². The number of aryl methyl sites for hydroxylation is 4. The molecule has 9 rings (SSSR count). The summed E-state index contributed by atoms with van der Waals surface area (Å²) < 4.78 is 0. The van der Waals surface area contributed by atoms with Gasteiger partial charge in [0.25, 0.3) is 0 Å². The van der Waals surface area contributed by atoms with Crippen LogP contribution >= 0.6 is 0 Å². The van der Waals surface area contributed by atoms with Crippen LogP contribution in [0.1, 0.15) is 151 Å². The van der Waals surface area contributed by atoms with Crippen molar-refractivity contribution in [1.29, 1.82) is 0 Å². The highest BCUT2D eigenvalue weighted by Gasteiger charge is 2.45. The van der Waals surface area contributed by atoms with Crippen molar-refractivity contribution in [2.75, 3.05) is 4.90 Å². The van der Waals surface area contributed by atoms with Gasteiger partial charge in [-0.3, -0.25) is 0 Å². The van der Waals surface area contributed by atoms with Crippen molar-refractivity contribution in [3.05, 3.63) is 195 Å². The molecule has 0 amide bonds. The Morgan fingerprint density at radius 1 is 0.365 bits per heavy atom. The minimum Gasteiger partial charge on any atom is -0.311 e. The van der Waals surface area contributed by atoms with Gasteiger partial charge < -0.3 is 4.90 Å². The molecule has 0 aromatic heterocycles. The summed E-state index contributed by atoms with van der Waals surface area (Å²) in [6, 6.07) is 49.6. The van der Waals surface area contributed by atoms with Crippen LogP contribution in [0.15, 0.2) is 133 Å². The smallest absolute Gasteiger partial charge is 0.0461 e. The van der Waals surface area contributed by atoms with Crippen LogP contribution in [-0.4, -0.2) is 0 Å². The van der Waals surface area contributed by atoms with Crippen LogP contribution in [0.25, 0.3) is 21.9 Å². The molecule has 2 aliphatic rings. The zero-order valence-corrected chi connectivity index (χ0v) is 41.6. The number of hydrogen-bond acceptors (Lipinski definition) is 1. The molecule has 0 fully saturated rings. The number of hydrogen-bond donors (Lipinski definition) is 0. The van der Waals surface area contributed by atoms with Gasteiger partial charge in [-0.05, 0) is 147 Å². The van der Waals surface area contributed by atoms with Crippen molar-refractivity contribution < 1.29 is 0 Å². The second kappa shape index (κ2) is 16.3. The standard InChI is InChI=1S/C27H33N.C24H24.C11H16/c1-20-8-14-23(15-9-20)28(24-16-10-21(11-17-24)26(2,3)4)25-18-12-22(13-19-25)27(5,6)7;1-13-10-17-21-18(11-13)24(5,6)19-12-14(2)15-8-7-9-16(23(17,3)4)20(15)22(19)21;1-9-5-7-10(8-6-9)11(2,3)4/h8-19H,1-7H3;7-12H,1-6H3;5-8H,1-4H3. The van der Waals surface area contributed by atoms with E-state index in [-0.39, 0.29) is 27.1 Å². The highest BCUT2D eigenvalue weighted by molar-refractivity contribution is 6.09. The van der Waals surface area contributed by atoms with Crippen LogP contribution < -0.4 is 4.90 Å². The molecule has 0 saturated carbocycles. The van der Waals surface area contributed by atoms with E-state index in [2.05, 4.69) is 256 Å². The Bertz CT molecular complexity index is 2700. The van der Waals surface area contributed by atoms with Gasteiger partial charge in [0.1, 0.15) is 0 Å². The molecular formula is C62H73N. The monoisotopic (exact) mass is 832 g/mol. The number of benzene rings is 7. The average molecular weight is 832 g/mol. The minimum atomic E-state index is 0.0497. The van der Waals surface area contributed by atoms with Gasteiger partial charge in [-0.1, -0.05) is 204 Å². The summed E-state index contributed by atoms with van der Waals surface area (Å²) in [6.45, 7) is 38.6. The predicted molar refractivity (Wildman–Crippen MR) is 276 cm³/mol. The van der Waals surface area contributed by atoms with E-state index in [1.165, 1.54) is 100 Å². The average Bonchev–Trinajstić information content (AvgIpc) is 3.43. The van der Waals surface area contributed by atoms with Gasteiger partial charge in [-0.25, -0.2) is 0 Å². The zero-order chi connectivity index (χ0) is 46.0. The lowest BCUT2D eigenvalue weighted by Gasteiger charge is -2.35. The first kappa shape index (κ1) is 45.6. The Hall–Kier alpha value is -5.40. The molecule has 0 N–H and O–H groups in total. The van der Waals surface area contributed by atoms with E-state index in [0.717, 1.165) is 0 Å². The molecule has 0 radical (unpaired) electrons. The van der Waals surface area contributed by atoms with E-state index in [1.54, 1.807) is 0 Å². The van der Waals surface area contributed by atoms with Gasteiger partial charge in [0, 0.05) is 27.9 Å². The van der Waals surface area contributed by atoms with Crippen LogP contribution in [0.3, 0.4) is 0 Å². The van der Waals surface area contributed by atoms with E-state index in [9.17, 15) is 0 Å². The first-order valence-corrected chi connectivity index (χ1v) is 23.2. The first-order valence-electron chi connectivity index (χ1n) is 23.2. The van der Waals surface area contributed by atoms with E-state index in [4.69, 9.17) is 0 Å². The van der Waals surface area contributed by atoms with Crippen molar-refractivity contribution in [2.45, 2.75) is 145 Å². The molecule has 0 saturated heterocycles. The molecule has 326 valence electrons. The molecule has 7 aromatic carbocycles. The maximum atomic E-state index is 2.44. The topological polar surface area (TPSA) is 3.24 Å². The highest BCUT2D eigenvalue weighted by Crippen LogP contribution is 2.60. The van der Waals surface area contributed by atoms with Crippen molar-refractivity contribution >= 4 is 27.8 Å². The number of rotatable bonds is 3. The number of nitrogens with zero attached hydrogens (tertiary/aromatic N) is 1. The van der Waals surface area contributed by atoms with Crippen molar-refractivity contribution in [3.63, 3.8) is 0 Å². The molecule has 0 bridgehead atoms. The normalized spacial score (nSPS) is 14.4. The Labute approximate surface area is 381 Å². The Kier molecular flexibility index (Phi) is 11.8. The summed E-state index contributed by atoms with van der Waals surface area (Å²) in [7, 11) is 0. The SMILES string of the molecule is Cc1cc2c3c(c1)C(C)(C)c1cccc4c(C)cc(c-3c14)C2(C)C.Cc1ccc(C(C)(C)C)cc1.Cc1ccc(N(c2ccc(C(C)(C)C)cc2)c2ccc(C(C)(C)C)cc2)cc1. The summed E-state index contributed by atoms with van der Waals surface area (Å²) >= 11 is 0. The molecule has 63 heavy (non-hydrogen) atoms. The maximum absolute atomic E-state index is 2.44. The Balaban J connectivity index is 0.000000154. The van der Waals surface area contributed by atoms with Crippen molar-refractivity contribution in [2.24, 2.45) is 0 Å². The molecule has 1 heteroatoms. The summed E-state index contributed by atoms with van der Waals surface area (Å²) in [5, 5.41) is 2.93. The molecule has 0 heterocycles.